The summed E-state index contributed by atoms with van der Waals surface area (Å²) in [6.45, 7) is 6.11. The van der Waals surface area contributed by atoms with Crippen LogP contribution in [0.3, 0.4) is 0 Å². The molecule has 2 rings (SSSR count). The average molecular weight is 262 g/mol. The maximum absolute atomic E-state index is 10.7. The van der Waals surface area contributed by atoms with E-state index in [9.17, 15) is 4.79 Å². The minimum absolute atomic E-state index is 0.736. The van der Waals surface area contributed by atoms with E-state index in [0.29, 0.717) is 0 Å². The Bertz CT molecular complexity index is 392. The Morgan fingerprint density at radius 2 is 1.95 bits per heavy atom. The van der Waals surface area contributed by atoms with Gasteiger partial charge in [-0.05, 0) is 37.2 Å². The first-order chi connectivity index (χ1) is 9.33. The second-order valence-corrected chi connectivity index (χ2v) is 4.88. The van der Waals surface area contributed by atoms with Crippen LogP contribution in [0.1, 0.15) is 16.8 Å². The molecule has 19 heavy (non-hydrogen) atoms. The normalized spacial score (nSPS) is 17.2. The molecule has 1 aliphatic rings. The zero-order chi connectivity index (χ0) is 13.5. The lowest BCUT2D eigenvalue weighted by molar-refractivity contribution is 0.112. The van der Waals surface area contributed by atoms with Crippen LogP contribution in [-0.4, -0.2) is 57.6 Å². The molecular weight excluding hydrogens is 240 g/mol. The number of hydrogen-bond donors (Lipinski definition) is 0. The summed E-state index contributed by atoms with van der Waals surface area (Å²) in [5.41, 5.74) is 1.94. The van der Waals surface area contributed by atoms with E-state index in [1.165, 1.54) is 12.1 Å². The van der Waals surface area contributed by atoms with Crippen molar-refractivity contribution < 1.29 is 9.53 Å². The van der Waals surface area contributed by atoms with Gasteiger partial charge in [0.15, 0.2) is 0 Å². The van der Waals surface area contributed by atoms with E-state index in [0.717, 1.165) is 51.2 Å². The molecule has 0 spiro atoms. The highest BCUT2D eigenvalue weighted by Gasteiger charge is 2.14. The first-order valence-corrected chi connectivity index (χ1v) is 6.85. The van der Waals surface area contributed by atoms with Crippen molar-refractivity contribution in [3.63, 3.8) is 0 Å². The van der Waals surface area contributed by atoms with Crippen LogP contribution in [0.2, 0.25) is 0 Å². The van der Waals surface area contributed by atoms with Crippen LogP contribution in [0.5, 0.6) is 0 Å². The molecule has 0 amide bonds. The summed E-state index contributed by atoms with van der Waals surface area (Å²) >= 11 is 0. The van der Waals surface area contributed by atoms with Gasteiger partial charge in [-0.1, -0.05) is 0 Å². The van der Waals surface area contributed by atoms with E-state index in [-0.39, 0.29) is 0 Å². The topological polar surface area (TPSA) is 32.8 Å². The Kier molecular flexibility index (Phi) is 5.36. The van der Waals surface area contributed by atoms with Crippen molar-refractivity contribution >= 4 is 12.0 Å². The predicted octanol–water partition coefficient (Wildman–Crippen LogP) is 1.66. The van der Waals surface area contributed by atoms with Crippen molar-refractivity contribution in [1.82, 2.24) is 4.90 Å². The number of rotatable bonds is 5. The van der Waals surface area contributed by atoms with Gasteiger partial charge in [-0.15, -0.1) is 0 Å². The molecule has 0 aliphatic carbocycles. The highest BCUT2D eigenvalue weighted by atomic mass is 16.5. The van der Waals surface area contributed by atoms with E-state index >= 15 is 0 Å². The summed E-state index contributed by atoms with van der Waals surface area (Å²) in [6, 6.07) is 7.84. The summed E-state index contributed by atoms with van der Waals surface area (Å²) < 4.78 is 5.13. The van der Waals surface area contributed by atoms with E-state index in [4.69, 9.17) is 4.74 Å². The van der Waals surface area contributed by atoms with Gasteiger partial charge in [0, 0.05) is 44.5 Å². The van der Waals surface area contributed by atoms with Crippen molar-refractivity contribution in [1.29, 1.82) is 0 Å². The molecule has 1 aliphatic heterocycles. The van der Waals surface area contributed by atoms with Crippen LogP contribution in [0, 0.1) is 0 Å². The SMILES string of the molecule is COCCN1CCCN(c2ccc(C=O)cc2)CC1. The lowest BCUT2D eigenvalue weighted by Gasteiger charge is -2.23. The van der Waals surface area contributed by atoms with E-state index in [1.54, 1.807) is 7.11 Å². The van der Waals surface area contributed by atoms with Crippen LogP contribution in [-0.2, 0) is 4.74 Å². The molecule has 1 saturated heterocycles. The quantitative estimate of drug-likeness (QED) is 0.756. The summed E-state index contributed by atoms with van der Waals surface area (Å²) in [6.07, 6.45) is 2.05. The molecule has 0 aromatic heterocycles. The first kappa shape index (κ1) is 14.0. The third-order valence-corrected chi connectivity index (χ3v) is 3.59. The first-order valence-electron chi connectivity index (χ1n) is 6.85. The summed E-state index contributed by atoms with van der Waals surface area (Å²) in [7, 11) is 1.75. The molecule has 0 N–H and O–H groups in total. The lowest BCUT2D eigenvalue weighted by Crippen LogP contribution is -2.32. The Labute approximate surface area is 115 Å². The van der Waals surface area contributed by atoms with E-state index in [2.05, 4.69) is 9.80 Å². The number of carbonyl (C=O) groups excluding carboxylic acids is 1. The second-order valence-electron chi connectivity index (χ2n) is 4.88. The van der Waals surface area contributed by atoms with E-state index in [1.807, 2.05) is 24.3 Å². The third kappa shape index (κ3) is 4.04. The smallest absolute Gasteiger partial charge is 0.150 e. The largest absolute Gasteiger partial charge is 0.383 e. The van der Waals surface area contributed by atoms with Gasteiger partial charge < -0.3 is 9.64 Å². The highest BCUT2D eigenvalue weighted by Crippen LogP contribution is 2.16. The predicted molar refractivity (Wildman–Crippen MR) is 77.0 cm³/mol. The van der Waals surface area contributed by atoms with Gasteiger partial charge in [0.05, 0.1) is 6.61 Å². The van der Waals surface area contributed by atoms with Gasteiger partial charge in [0.1, 0.15) is 6.29 Å². The van der Waals surface area contributed by atoms with Gasteiger partial charge in [0.25, 0.3) is 0 Å². The Morgan fingerprint density at radius 3 is 2.63 bits per heavy atom. The third-order valence-electron chi connectivity index (χ3n) is 3.59. The molecule has 1 fully saturated rings. The molecular formula is C15H22N2O2. The number of aldehydes is 1. The van der Waals surface area contributed by atoms with Gasteiger partial charge in [0.2, 0.25) is 0 Å². The molecule has 1 aromatic carbocycles. The van der Waals surface area contributed by atoms with Crippen molar-refractivity contribution in [3.05, 3.63) is 29.8 Å². The number of carbonyl (C=O) groups is 1. The van der Waals surface area contributed by atoms with Crippen molar-refractivity contribution in [2.75, 3.05) is 51.3 Å². The fourth-order valence-electron chi connectivity index (χ4n) is 2.44. The number of hydrogen-bond acceptors (Lipinski definition) is 4. The maximum Gasteiger partial charge on any atom is 0.150 e. The van der Waals surface area contributed by atoms with Crippen molar-refractivity contribution in [2.24, 2.45) is 0 Å². The van der Waals surface area contributed by atoms with Gasteiger partial charge in [-0.2, -0.15) is 0 Å². The minimum Gasteiger partial charge on any atom is -0.383 e. The van der Waals surface area contributed by atoms with Crippen molar-refractivity contribution in [2.45, 2.75) is 6.42 Å². The second kappa shape index (κ2) is 7.26. The number of benzene rings is 1. The van der Waals surface area contributed by atoms with Gasteiger partial charge in [-0.3, -0.25) is 9.69 Å². The summed E-state index contributed by atoms with van der Waals surface area (Å²) in [5.74, 6) is 0. The van der Waals surface area contributed by atoms with E-state index < -0.39 is 0 Å². The fourth-order valence-corrected chi connectivity index (χ4v) is 2.44. The van der Waals surface area contributed by atoms with Gasteiger partial charge in [-0.25, -0.2) is 0 Å². The summed E-state index contributed by atoms with van der Waals surface area (Å²) in [4.78, 5) is 15.5. The lowest BCUT2D eigenvalue weighted by atomic mass is 10.2. The minimum atomic E-state index is 0.736. The highest BCUT2D eigenvalue weighted by molar-refractivity contribution is 5.75. The molecule has 104 valence electrons. The number of nitrogens with zero attached hydrogens (tertiary/aromatic N) is 2. The zero-order valence-electron chi connectivity index (χ0n) is 11.5. The number of anilines is 1. The van der Waals surface area contributed by atoms with Crippen LogP contribution in [0.15, 0.2) is 24.3 Å². The maximum atomic E-state index is 10.7. The fraction of sp³-hybridized carbons (Fsp3) is 0.533. The average Bonchev–Trinajstić information content (AvgIpc) is 2.71. The van der Waals surface area contributed by atoms with Crippen LogP contribution in [0.25, 0.3) is 0 Å². The standard InChI is InChI=1S/C15H22N2O2/c1-19-12-11-16-7-2-8-17(10-9-16)15-5-3-14(13-18)4-6-15/h3-6,13H,2,7-12H2,1H3. The molecule has 4 nitrogen and oxygen atoms in total. The number of ether oxygens (including phenoxy) is 1. The monoisotopic (exact) mass is 262 g/mol. The molecule has 0 unspecified atom stereocenters. The molecule has 0 saturated carbocycles. The number of methoxy groups -OCH3 is 1. The summed E-state index contributed by atoms with van der Waals surface area (Å²) in [5, 5.41) is 0. The molecule has 0 bridgehead atoms. The van der Waals surface area contributed by atoms with Crippen LogP contribution >= 0.6 is 0 Å². The molecule has 4 heteroatoms. The molecule has 1 aromatic rings. The Morgan fingerprint density at radius 1 is 1.16 bits per heavy atom. The van der Waals surface area contributed by atoms with Crippen molar-refractivity contribution in [3.8, 4) is 0 Å². The Balaban J connectivity index is 1.92. The van der Waals surface area contributed by atoms with Gasteiger partial charge >= 0.3 is 0 Å². The molecule has 0 atom stereocenters. The molecule has 0 radical (unpaired) electrons. The van der Waals surface area contributed by atoms with Crippen LogP contribution in [0.4, 0.5) is 5.69 Å². The Hall–Kier alpha value is -1.39. The van der Waals surface area contributed by atoms with Crippen LogP contribution < -0.4 is 4.90 Å². The molecule has 1 heterocycles. The zero-order valence-corrected chi connectivity index (χ0v) is 11.5.